The third-order valence-corrected chi connectivity index (χ3v) is 6.47. The highest BCUT2D eigenvalue weighted by atomic mass is 32.2. The third-order valence-electron chi connectivity index (χ3n) is 5.67. The Morgan fingerprint density at radius 2 is 1.82 bits per heavy atom. The number of rotatable bonds is 7. The lowest BCUT2D eigenvalue weighted by Gasteiger charge is -2.36. The van der Waals surface area contributed by atoms with E-state index >= 15 is 0 Å². The van der Waals surface area contributed by atoms with Crippen LogP contribution in [-0.2, 0) is 4.79 Å². The summed E-state index contributed by atoms with van der Waals surface area (Å²) in [5.74, 6) is 2.42. The summed E-state index contributed by atoms with van der Waals surface area (Å²) in [7, 11) is 1.61. The third kappa shape index (κ3) is 4.35. The summed E-state index contributed by atoms with van der Waals surface area (Å²) in [6.07, 6.45) is 6.99. The van der Waals surface area contributed by atoms with Gasteiger partial charge in [0.25, 0.3) is 11.1 Å². The van der Waals surface area contributed by atoms with Crippen molar-refractivity contribution in [2.75, 3.05) is 12.9 Å². The lowest BCUT2D eigenvalue weighted by molar-refractivity contribution is -0.132. The Morgan fingerprint density at radius 3 is 2.50 bits per heavy atom. The molecule has 0 spiro atoms. The molecule has 6 nitrogen and oxygen atoms in total. The molecule has 1 heterocycles. The van der Waals surface area contributed by atoms with Gasteiger partial charge in [-0.25, -0.2) is 0 Å². The maximum Gasteiger partial charge on any atom is 0.277 e. The van der Waals surface area contributed by atoms with Gasteiger partial charge in [-0.3, -0.25) is 4.79 Å². The summed E-state index contributed by atoms with van der Waals surface area (Å²) in [5.41, 5.74) is 0.756. The van der Waals surface area contributed by atoms with Crippen molar-refractivity contribution in [3.63, 3.8) is 0 Å². The van der Waals surface area contributed by atoms with Gasteiger partial charge in [0.2, 0.25) is 5.91 Å². The predicted octanol–water partition coefficient (Wildman–Crippen LogP) is 4.41. The van der Waals surface area contributed by atoms with Gasteiger partial charge < -0.3 is 14.1 Å². The van der Waals surface area contributed by atoms with Gasteiger partial charge in [-0.05, 0) is 56.6 Å². The van der Waals surface area contributed by atoms with E-state index in [0.717, 1.165) is 37.2 Å². The van der Waals surface area contributed by atoms with E-state index < -0.39 is 0 Å². The number of hydrogen-bond acceptors (Lipinski definition) is 6. The van der Waals surface area contributed by atoms with E-state index in [1.165, 1.54) is 24.6 Å². The second-order valence-corrected chi connectivity index (χ2v) is 8.73. The van der Waals surface area contributed by atoms with E-state index in [4.69, 9.17) is 9.15 Å². The zero-order valence-corrected chi connectivity index (χ0v) is 17.3. The minimum Gasteiger partial charge on any atom is -0.496 e. The minimum absolute atomic E-state index is 0.198. The van der Waals surface area contributed by atoms with E-state index in [9.17, 15) is 4.79 Å². The first kappa shape index (κ1) is 19.3. The van der Waals surface area contributed by atoms with Crippen LogP contribution in [0.1, 0.15) is 45.4 Å². The molecule has 28 heavy (non-hydrogen) atoms. The molecule has 2 saturated carbocycles. The van der Waals surface area contributed by atoms with Crippen molar-refractivity contribution in [1.29, 1.82) is 0 Å². The smallest absolute Gasteiger partial charge is 0.277 e. The number of para-hydroxylation sites is 1. The normalized spacial score (nSPS) is 22.1. The zero-order chi connectivity index (χ0) is 19.5. The first-order valence-electron chi connectivity index (χ1n) is 10.1. The molecule has 2 aromatic rings. The molecule has 4 rings (SSSR count). The van der Waals surface area contributed by atoms with E-state index in [0.29, 0.717) is 34.7 Å². The number of ether oxygens (including phenoxy) is 1. The molecule has 2 aliphatic carbocycles. The minimum atomic E-state index is 0.198. The monoisotopic (exact) mass is 401 g/mol. The molecule has 0 radical (unpaired) electrons. The summed E-state index contributed by atoms with van der Waals surface area (Å²) in [5, 5.41) is 8.64. The van der Waals surface area contributed by atoms with Crippen LogP contribution >= 0.6 is 11.8 Å². The summed E-state index contributed by atoms with van der Waals surface area (Å²) in [6.45, 7) is 2.31. The highest BCUT2D eigenvalue weighted by Gasteiger charge is 2.38. The van der Waals surface area contributed by atoms with Crippen molar-refractivity contribution < 1.29 is 13.9 Å². The summed E-state index contributed by atoms with van der Waals surface area (Å²) in [4.78, 5) is 15.1. The molecule has 1 aromatic carbocycles. The Balaban J connectivity index is 1.38. The van der Waals surface area contributed by atoms with E-state index in [2.05, 4.69) is 22.0 Å². The molecule has 0 unspecified atom stereocenters. The van der Waals surface area contributed by atoms with Crippen LogP contribution in [-0.4, -0.2) is 46.0 Å². The predicted molar refractivity (Wildman–Crippen MR) is 108 cm³/mol. The largest absolute Gasteiger partial charge is 0.496 e. The number of benzene rings is 1. The standard InChI is InChI=1S/C21H27N3O3S/c1-14-7-9-15(10-8-14)24(16-11-12-16)19(25)13-28-21-23-22-20(27-21)17-5-3-4-6-18(17)26-2/h3-6,14-16H,7-13H2,1-2H3. The van der Waals surface area contributed by atoms with Crippen LogP contribution in [0.15, 0.2) is 33.9 Å². The van der Waals surface area contributed by atoms with Crippen LogP contribution in [0.2, 0.25) is 0 Å². The number of aromatic nitrogens is 2. The molecule has 0 aliphatic heterocycles. The number of amides is 1. The molecule has 2 fully saturated rings. The average molecular weight is 402 g/mol. The number of methoxy groups -OCH3 is 1. The molecule has 0 saturated heterocycles. The average Bonchev–Trinajstić information content (AvgIpc) is 3.44. The Hall–Kier alpha value is -2.02. The van der Waals surface area contributed by atoms with Gasteiger partial charge in [0.05, 0.1) is 18.4 Å². The van der Waals surface area contributed by atoms with Gasteiger partial charge >= 0.3 is 0 Å². The van der Waals surface area contributed by atoms with E-state index in [1.54, 1.807) is 7.11 Å². The van der Waals surface area contributed by atoms with Crippen LogP contribution in [0.4, 0.5) is 0 Å². The van der Waals surface area contributed by atoms with Crippen molar-refractivity contribution in [3.05, 3.63) is 24.3 Å². The van der Waals surface area contributed by atoms with Crippen molar-refractivity contribution in [3.8, 4) is 17.2 Å². The second kappa shape index (κ2) is 8.55. The van der Waals surface area contributed by atoms with Crippen molar-refractivity contribution in [2.45, 2.75) is 62.8 Å². The molecular formula is C21H27N3O3S. The highest BCUT2D eigenvalue weighted by molar-refractivity contribution is 7.99. The Morgan fingerprint density at radius 1 is 1.14 bits per heavy atom. The van der Waals surface area contributed by atoms with Crippen molar-refractivity contribution >= 4 is 17.7 Å². The zero-order valence-electron chi connectivity index (χ0n) is 16.5. The van der Waals surface area contributed by atoms with Crippen molar-refractivity contribution in [1.82, 2.24) is 15.1 Å². The van der Waals surface area contributed by atoms with Crippen LogP contribution in [0, 0.1) is 5.92 Å². The summed E-state index contributed by atoms with van der Waals surface area (Å²) in [6, 6.07) is 8.38. The van der Waals surface area contributed by atoms with E-state index in [1.807, 2.05) is 24.3 Å². The molecule has 0 bridgehead atoms. The fourth-order valence-electron chi connectivity index (χ4n) is 3.98. The molecule has 1 aromatic heterocycles. The lowest BCUT2D eigenvalue weighted by Crippen LogP contribution is -2.44. The van der Waals surface area contributed by atoms with Crippen LogP contribution in [0.5, 0.6) is 5.75 Å². The maximum atomic E-state index is 13.0. The van der Waals surface area contributed by atoms with Gasteiger partial charge in [-0.15, -0.1) is 10.2 Å². The molecule has 0 atom stereocenters. The molecule has 0 N–H and O–H groups in total. The van der Waals surface area contributed by atoms with Gasteiger partial charge in [0.15, 0.2) is 0 Å². The lowest BCUT2D eigenvalue weighted by atomic mass is 9.86. The number of thioether (sulfide) groups is 1. The van der Waals surface area contributed by atoms with Gasteiger partial charge in [-0.1, -0.05) is 30.8 Å². The number of nitrogens with zero attached hydrogens (tertiary/aromatic N) is 3. The van der Waals surface area contributed by atoms with Gasteiger partial charge in [0.1, 0.15) is 5.75 Å². The van der Waals surface area contributed by atoms with Crippen molar-refractivity contribution in [2.24, 2.45) is 5.92 Å². The Labute approximate surface area is 170 Å². The quantitative estimate of drug-likeness (QED) is 0.640. The summed E-state index contributed by atoms with van der Waals surface area (Å²) >= 11 is 1.32. The fraction of sp³-hybridized carbons (Fsp3) is 0.571. The maximum absolute atomic E-state index is 13.0. The molecule has 2 aliphatic rings. The first-order chi connectivity index (χ1) is 13.7. The fourth-order valence-corrected chi connectivity index (χ4v) is 4.61. The van der Waals surface area contributed by atoms with Gasteiger partial charge in [-0.2, -0.15) is 0 Å². The van der Waals surface area contributed by atoms with E-state index in [-0.39, 0.29) is 5.91 Å². The molecule has 7 heteroatoms. The van der Waals surface area contributed by atoms with Gasteiger partial charge in [0, 0.05) is 12.1 Å². The van der Waals surface area contributed by atoms with Crippen LogP contribution in [0.3, 0.4) is 0 Å². The first-order valence-corrected chi connectivity index (χ1v) is 11.0. The number of carbonyl (C=O) groups is 1. The molecule has 150 valence electrons. The second-order valence-electron chi connectivity index (χ2n) is 7.81. The Kier molecular flexibility index (Phi) is 5.90. The summed E-state index contributed by atoms with van der Waals surface area (Å²) < 4.78 is 11.1. The topological polar surface area (TPSA) is 68.5 Å². The molecular weight excluding hydrogens is 374 g/mol. The molecule has 1 amide bonds. The SMILES string of the molecule is COc1ccccc1-c1nnc(SCC(=O)N(C2CCC(C)CC2)C2CC2)o1. The van der Waals surface area contributed by atoms with Crippen LogP contribution in [0.25, 0.3) is 11.5 Å². The van der Waals surface area contributed by atoms with Crippen LogP contribution < -0.4 is 4.74 Å². The highest BCUT2D eigenvalue weighted by Crippen LogP contribution is 2.36. The Bertz CT molecular complexity index is 813. The number of hydrogen-bond donors (Lipinski definition) is 0. The number of carbonyl (C=O) groups excluding carboxylic acids is 1.